The van der Waals surface area contributed by atoms with Crippen LogP contribution in [0.25, 0.3) is 5.57 Å². The zero-order valence-electron chi connectivity index (χ0n) is 15.0. The lowest BCUT2D eigenvalue weighted by atomic mass is 9.91. The van der Waals surface area contributed by atoms with Crippen LogP contribution in [0, 0.1) is 5.92 Å². The van der Waals surface area contributed by atoms with E-state index in [9.17, 15) is 14.4 Å². The molecular weight excluding hydrogens is 324 g/mol. The van der Waals surface area contributed by atoms with E-state index in [0.29, 0.717) is 5.75 Å². The first-order chi connectivity index (χ1) is 11.9. The molecule has 0 aromatic heterocycles. The predicted molar refractivity (Wildman–Crippen MR) is 93.0 cm³/mol. The SMILES string of the molecule is CCOC(=O)C(C/C(=C\COC(C)=O)c1ccc(OC)cc1)C(C)=O. The van der Waals surface area contributed by atoms with E-state index >= 15 is 0 Å². The monoisotopic (exact) mass is 348 g/mol. The third-order valence-electron chi connectivity index (χ3n) is 3.56. The van der Waals surface area contributed by atoms with Gasteiger partial charge in [0.1, 0.15) is 24.1 Å². The second-order valence-electron chi connectivity index (χ2n) is 5.38. The Morgan fingerprint density at radius 2 is 1.72 bits per heavy atom. The van der Waals surface area contributed by atoms with Gasteiger partial charge in [0.05, 0.1) is 13.7 Å². The molecule has 0 N–H and O–H groups in total. The number of methoxy groups -OCH3 is 1. The van der Waals surface area contributed by atoms with Crippen LogP contribution >= 0.6 is 0 Å². The first-order valence-electron chi connectivity index (χ1n) is 8.02. The van der Waals surface area contributed by atoms with Crippen molar-refractivity contribution in [2.45, 2.75) is 27.2 Å². The third kappa shape index (κ3) is 6.79. The molecule has 6 heteroatoms. The van der Waals surface area contributed by atoms with Gasteiger partial charge >= 0.3 is 11.9 Å². The molecule has 136 valence electrons. The number of hydrogen-bond acceptors (Lipinski definition) is 6. The highest BCUT2D eigenvalue weighted by Crippen LogP contribution is 2.26. The minimum absolute atomic E-state index is 0.0597. The molecule has 0 heterocycles. The number of benzene rings is 1. The van der Waals surface area contributed by atoms with Crippen molar-refractivity contribution < 1.29 is 28.6 Å². The maximum absolute atomic E-state index is 12.1. The van der Waals surface area contributed by atoms with Gasteiger partial charge in [-0.3, -0.25) is 14.4 Å². The quantitative estimate of drug-likeness (QED) is 0.504. The molecule has 0 radical (unpaired) electrons. The smallest absolute Gasteiger partial charge is 0.316 e. The van der Waals surface area contributed by atoms with Gasteiger partial charge in [-0.15, -0.1) is 0 Å². The van der Waals surface area contributed by atoms with E-state index in [0.717, 1.165) is 11.1 Å². The van der Waals surface area contributed by atoms with Crippen LogP contribution in [0.1, 0.15) is 32.8 Å². The van der Waals surface area contributed by atoms with Gasteiger partial charge in [-0.2, -0.15) is 0 Å². The summed E-state index contributed by atoms with van der Waals surface area (Å²) in [5.74, 6) is -1.44. The van der Waals surface area contributed by atoms with Crippen molar-refractivity contribution in [3.05, 3.63) is 35.9 Å². The average molecular weight is 348 g/mol. The molecular formula is C19H24O6. The molecule has 0 spiro atoms. The van der Waals surface area contributed by atoms with Gasteiger partial charge < -0.3 is 14.2 Å². The van der Waals surface area contributed by atoms with Gasteiger partial charge in [0, 0.05) is 6.92 Å². The first-order valence-corrected chi connectivity index (χ1v) is 8.02. The average Bonchev–Trinajstić information content (AvgIpc) is 2.57. The highest BCUT2D eigenvalue weighted by atomic mass is 16.5. The minimum atomic E-state index is -0.898. The van der Waals surface area contributed by atoms with E-state index < -0.39 is 17.9 Å². The number of hydrogen-bond donors (Lipinski definition) is 0. The number of rotatable bonds is 9. The Hall–Kier alpha value is -2.63. The molecule has 1 atom stereocenters. The zero-order chi connectivity index (χ0) is 18.8. The largest absolute Gasteiger partial charge is 0.497 e. The van der Waals surface area contributed by atoms with Crippen molar-refractivity contribution in [1.82, 2.24) is 0 Å². The van der Waals surface area contributed by atoms with Crippen LogP contribution in [0.3, 0.4) is 0 Å². The van der Waals surface area contributed by atoms with E-state index in [1.54, 1.807) is 32.2 Å². The Morgan fingerprint density at radius 3 is 2.20 bits per heavy atom. The van der Waals surface area contributed by atoms with E-state index in [1.807, 2.05) is 12.1 Å². The lowest BCUT2D eigenvalue weighted by Crippen LogP contribution is -2.24. The van der Waals surface area contributed by atoms with Gasteiger partial charge in [0.25, 0.3) is 0 Å². The molecule has 25 heavy (non-hydrogen) atoms. The van der Waals surface area contributed by atoms with Crippen molar-refractivity contribution in [3.8, 4) is 5.75 Å². The first kappa shape index (κ1) is 20.4. The summed E-state index contributed by atoms with van der Waals surface area (Å²) in [7, 11) is 1.57. The summed E-state index contributed by atoms with van der Waals surface area (Å²) in [6.07, 6.45) is 1.86. The zero-order valence-corrected chi connectivity index (χ0v) is 15.0. The van der Waals surface area contributed by atoms with Gasteiger partial charge in [-0.1, -0.05) is 12.1 Å². The summed E-state index contributed by atoms with van der Waals surface area (Å²) in [5, 5.41) is 0. The van der Waals surface area contributed by atoms with Crippen molar-refractivity contribution in [1.29, 1.82) is 0 Å². The summed E-state index contributed by atoms with van der Waals surface area (Å²) in [6, 6.07) is 7.20. The number of esters is 2. The van der Waals surface area contributed by atoms with Crippen LogP contribution in [-0.2, 0) is 23.9 Å². The number of carbonyl (C=O) groups excluding carboxylic acids is 3. The normalized spacial score (nSPS) is 12.2. The Labute approximate surface area is 147 Å². The van der Waals surface area contributed by atoms with E-state index in [4.69, 9.17) is 14.2 Å². The molecule has 0 fully saturated rings. The topological polar surface area (TPSA) is 78.9 Å². The molecule has 0 aliphatic heterocycles. The summed E-state index contributed by atoms with van der Waals surface area (Å²) in [6.45, 7) is 4.63. The van der Waals surface area contributed by atoms with Crippen LogP contribution in [-0.4, -0.2) is 38.0 Å². The molecule has 0 saturated carbocycles. The van der Waals surface area contributed by atoms with Crippen LogP contribution in [0.5, 0.6) is 5.75 Å². The maximum Gasteiger partial charge on any atom is 0.316 e. The summed E-state index contributed by atoms with van der Waals surface area (Å²) in [5.41, 5.74) is 1.53. The Morgan fingerprint density at radius 1 is 1.08 bits per heavy atom. The number of Topliss-reactive ketones (excluding diaryl/α,β-unsaturated/α-hetero) is 1. The number of allylic oxidation sites excluding steroid dienone is 1. The predicted octanol–water partition coefficient (Wildman–Crippen LogP) is 2.80. The second-order valence-corrected chi connectivity index (χ2v) is 5.38. The van der Waals surface area contributed by atoms with E-state index in [-0.39, 0.29) is 25.4 Å². The van der Waals surface area contributed by atoms with Gasteiger partial charge in [-0.05, 0) is 49.6 Å². The van der Waals surface area contributed by atoms with Crippen LogP contribution in [0.2, 0.25) is 0 Å². The molecule has 6 nitrogen and oxygen atoms in total. The maximum atomic E-state index is 12.1. The molecule has 0 aliphatic carbocycles. The molecule has 1 unspecified atom stereocenters. The summed E-state index contributed by atoms with van der Waals surface area (Å²) < 4.78 is 15.1. The lowest BCUT2D eigenvalue weighted by molar-refractivity contribution is -0.151. The second kappa shape index (κ2) is 10.3. The van der Waals surface area contributed by atoms with Gasteiger partial charge in [0.15, 0.2) is 0 Å². The fourth-order valence-electron chi connectivity index (χ4n) is 2.24. The Kier molecular flexibility index (Phi) is 8.39. The molecule has 0 aliphatic rings. The minimum Gasteiger partial charge on any atom is -0.497 e. The molecule has 1 aromatic rings. The molecule has 0 amide bonds. The van der Waals surface area contributed by atoms with Crippen molar-refractivity contribution in [2.75, 3.05) is 20.3 Å². The fraction of sp³-hybridized carbons (Fsp3) is 0.421. The summed E-state index contributed by atoms with van der Waals surface area (Å²) in [4.78, 5) is 34.9. The third-order valence-corrected chi connectivity index (χ3v) is 3.56. The van der Waals surface area contributed by atoms with Gasteiger partial charge in [0.2, 0.25) is 0 Å². The lowest BCUT2D eigenvalue weighted by Gasteiger charge is -2.16. The van der Waals surface area contributed by atoms with Gasteiger partial charge in [-0.25, -0.2) is 0 Å². The Balaban J connectivity index is 3.08. The fourth-order valence-corrected chi connectivity index (χ4v) is 2.24. The van der Waals surface area contributed by atoms with Crippen LogP contribution in [0.15, 0.2) is 30.3 Å². The number of ether oxygens (including phenoxy) is 3. The van der Waals surface area contributed by atoms with Crippen molar-refractivity contribution in [3.63, 3.8) is 0 Å². The van der Waals surface area contributed by atoms with Crippen molar-refractivity contribution in [2.24, 2.45) is 5.92 Å². The summed E-state index contributed by atoms with van der Waals surface area (Å²) >= 11 is 0. The van der Waals surface area contributed by atoms with Crippen LogP contribution < -0.4 is 4.74 Å². The highest BCUT2D eigenvalue weighted by Gasteiger charge is 2.26. The number of carbonyl (C=O) groups is 3. The van der Waals surface area contributed by atoms with Crippen LogP contribution in [0.4, 0.5) is 0 Å². The standard InChI is InChI=1S/C19H24O6/c1-5-24-19(22)18(13(2)20)12-16(10-11-25-14(3)21)15-6-8-17(23-4)9-7-15/h6-10,18H,5,11-12H2,1-4H3/b16-10+. The Bertz CT molecular complexity index is 630. The molecule has 0 saturated heterocycles. The van der Waals surface area contributed by atoms with E-state index in [2.05, 4.69) is 0 Å². The highest BCUT2D eigenvalue weighted by molar-refractivity contribution is 5.99. The number of ketones is 1. The molecule has 1 aromatic carbocycles. The molecule has 0 bridgehead atoms. The van der Waals surface area contributed by atoms with E-state index in [1.165, 1.54) is 13.8 Å². The van der Waals surface area contributed by atoms with Crippen molar-refractivity contribution >= 4 is 23.3 Å². The molecule has 1 rings (SSSR count).